The van der Waals surface area contributed by atoms with Crippen molar-refractivity contribution in [3.63, 3.8) is 0 Å². The van der Waals surface area contributed by atoms with E-state index in [1.54, 1.807) is 15.9 Å². The fourth-order valence-electron chi connectivity index (χ4n) is 2.97. The highest BCUT2D eigenvalue weighted by Crippen LogP contribution is 2.32. The van der Waals surface area contributed by atoms with Crippen molar-refractivity contribution < 1.29 is 9.59 Å². The number of carbonyl (C=O) groups is 2. The lowest BCUT2D eigenvalue weighted by atomic mass is 9.84. The van der Waals surface area contributed by atoms with Gasteiger partial charge in [-0.05, 0) is 31.9 Å². The Hall–Kier alpha value is -1.55. The molecule has 0 bridgehead atoms. The summed E-state index contributed by atoms with van der Waals surface area (Å²) >= 11 is 6.18. The Morgan fingerprint density at radius 3 is 2.57 bits per heavy atom. The summed E-state index contributed by atoms with van der Waals surface area (Å²) in [4.78, 5) is 28.4. The van der Waals surface area contributed by atoms with Crippen LogP contribution in [-0.4, -0.2) is 35.8 Å². The fraction of sp³-hybridized carbons (Fsp3) is 0.500. The molecule has 2 fully saturated rings. The molecule has 1 aromatic carbocycles. The molecular weight excluding hydrogens is 288 g/mol. The molecule has 1 heterocycles. The highest BCUT2D eigenvalue weighted by Gasteiger charge is 2.39. The summed E-state index contributed by atoms with van der Waals surface area (Å²) in [5.74, 6) is 0.218. The number of rotatable bonds is 2. The van der Waals surface area contributed by atoms with Gasteiger partial charge in [-0.3, -0.25) is 9.59 Å². The van der Waals surface area contributed by atoms with E-state index in [0.717, 1.165) is 24.9 Å². The van der Waals surface area contributed by atoms with Crippen LogP contribution in [0.2, 0.25) is 5.02 Å². The van der Waals surface area contributed by atoms with Crippen molar-refractivity contribution in [3.8, 4) is 0 Å². The second kappa shape index (κ2) is 5.68. The summed E-state index contributed by atoms with van der Waals surface area (Å²) in [5, 5.41) is 0.566. The number of benzene rings is 1. The third kappa shape index (κ3) is 2.53. The number of hydrogen-bond acceptors (Lipinski definition) is 2. The van der Waals surface area contributed by atoms with Crippen LogP contribution in [0.5, 0.6) is 0 Å². The number of nitrogens with zero attached hydrogens (tertiary/aromatic N) is 2. The second-order valence-electron chi connectivity index (χ2n) is 5.78. The van der Waals surface area contributed by atoms with Crippen LogP contribution in [0.15, 0.2) is 24.3 Å². The molecule has 1 saturated heterocycles. The monoisotopic (exact) mass is 306 g/mol. The first kappa shape index (κ1) is 14.4. The van der Waals surface area contributed by atoms with Gasteiger partial charge in [0, 0.05) is 19.0 Å². The maximum Gasteiger partial charge on any atom is 0.249 e. The molecule has 1 aromatic rings. The van der Waals surface area contributed by atoms with Crippen LogP contribution in [0.4, 0.5) is 5.69 Å². The van der Waals surface area contributed by atoms with E-state index in [-0.39, 0.29) is 17.7 Å². The van der Waals surface area contributed by atoms with Crippen LogP contribution in [0.1, 0.15) is 26.2 Å². The summed E-state index contributed by atoms with van der Waals surface area (Å²) < 4.78 is 0. The third-order valence-electron chi connectivity index (χ3n) is 4.54. The van der Waals surface area contributed by atoms with Crippen molar-refractivity contribution in [2.45, 2.75) is 32.2 Å². The van der Waals surface area contributed by atoms with Crippen molar-refractivity contribution in [2.24, 2.45) is 5.92 Å². The molecule has 0 spiro atoms. The Balaban J connectivity index is 1.77. The highest BCUT2D eigenvalue weighted by atomic mass is 35.5. The number of hydrogen-bond donors (Lipinski definition) is 0. The molecule has 112 valence electrons. The van der Waals surface area contributed by atoms with E-state index >= 15 is 0 Å². The first-order chi connectivity index (χ1) is 10.1. The molecule has 21 heavy (non-hydrogen) atoms. The van der Waals surface area contributed by atoms with Crippen LogP contribution >= 0.6 is 11.6 Å². The molecule has 0 radical (unpaired) electrons. The standard InChI is InChI=1S/C16H19ClN2O2/c1-11-15(20)19(14-8-3-2-7-13(14)17)10-9-18(11)16(21)12-5-4-6-12/h2-3,7-8,11-12H,4-6,9-10H2,1H3/t11-/m1/s1. The number of para-hydroxylation sites is 1. The maximum absolute atomic E-state index is 12.6. The number of piperazine rings is 1. The lowest BCUT2D eigenvalue weighted by Crippen LogP contribution is -2.59. The molecule has 2 amide bonds. The van der Waals surface area contributed by atoms with Gasteiger partial charge in [0.2, 0.25) is 11.8 Å². The maximum atomic E-state index is 12.6. The smallest absolute Gasteiger partial charge is 0.249 e. The predicted octanol–water partition coefficient (Wildman–Crippen LogP) is 2.70. The van der Waals surface area contributed by atoms with E-state index < -0.39 is 6.04 Å². The minimum Gasteiger partial charge on any atom is -0.329 e. The molecular formula is C16H19ClN2O2. The van der Waals surface area contributed by atoms with Gasteiger partial charge in [-0.25, -0.2) is 0 Å². The lowest BCUT2D eigenvalue weighted by Gasteiger charge is -2.42. The molecule has 0 unspecified atom stereocenters. The van der Waals surface area contributed by atoms with E-state index in [0.29, 0.717) is 18.1 Å². The fourth-order valence-corrected chi connectivity index (χ4v) is 3.21. The van der Waals surface area contributed by atoms with Gasteiger partial charge >= 0.3 is 0 Å². The molecule has 4 nitrogen and oxygen atoms in total. The van der Waals surface area contributed by atoms with Gasteiger partial charge in [-0.15, -0.1) is 0 Å². The molecule has 3 rings (SSSR count). The van der Waals surface area contributed by atoms with Gasteiger partial charge in [0.05, 0.1) is 10.7 Å². The Bertz CT molecular complexity index is 571. The molecule has 1 aliphatic heterocycles. The molecule has 1 aliphatic carbocycles. The van der Waals surface area contributed by atoms with Crippen LogP contribution in [0, 0.1) is 5.92 Å². The van der Waals surface area contributed by atoms with Gasteiger partial charge < -0.3 is 9.80 Å². The van der Waals surface area contributed by atoms with Crippen LogP contribution in [0.25, 0.3) is 0 Å². The molecule has 0 N–H and O–H groups in total. The molecule has 5 heteroatoms. The van der Waals surface area contributed by atoms with Gasteiger partial charge in [0.1, 0.15) is 6.04 Å². The Morgan fingerprint density at radius 1 is 1.24 bits per heavy atom. The molecule has 1 atom stereocenters. The van der Waals surface area contributed by atoms with Gasteiger partial charge in [-0.2, -0.15) is 0 Å². The third-order valence-corrected chi connectivity index (χ3v) is 4.86. The average molecular weight is 307 g/mol. The van der Waals surface area contributed by atoms with Crippen LogP contribution in [-0.2, 0) is 9.59 Å². The predicted molar refractivity (Wildman–Crippen MR) is 82.3 cm³/mol. The Morgan fingerprint density at radius 2 is 1.95 bits per heavy atom. The minimum atomic E-state index is -0.414. The summed E-state index contributed by atoms with van der Waals surface area (Å²) in [6.45, 7) is 2.89. The number of amides is 2. The first-order valence-electron chi connectivity index (χ1n) is 7.46. The van der Waals surface area contributed by atoms with Crippen molar-refractivity contribution in [1.29, 1.82) is 0 Å². The zero-order valence-electron chi connectivity index (χ0n) is 12.1. The number of anilines is 1. The van der Waals surface area contributed by atoms with Crippen molar-refractivity contribution in [2.75, 3.05) is 18.0 Å². The van der Waals surface area contributed by atoms with E-state index in [2.05, 4.69) is 0 Å². The summed E-state index contributed by atoms with van der Waals surface area (Å²) in [7, 11) is 0. The minimum absolute atomic E-state index is 0.0537. The number of carbonyl (C=O) groups excluding carboxylic acids is 2. The lowest BCUT2D eigenvalue weighted by molar-refractivity contribution is -0.146. The Kier molecular flexibility index (Phi) is 3.89. The van der Waals surface area contributed by atoms with E-state index in [1.165, 1.54) is 0 Å². The van der Waals surface area contributed by atoms with Crippen LogP contribution in [0.3, 0.4) is 0 Å². The van der Waals surface area contributed by atoms with Gasteiger partial charge in [0.15, 0.2) is 0 Å². The van der Waals surface area contributed by atoms with Gasteiger partial charge in [0.25, 0.3) is 0 Å². The Labute approximate surface area is 129 Å². The summed E-state index contributed by atoms with van der Waals surface area (Å²) in [6, 6.07) is 6.92. The topological polar surface area (TPSA) is 40.6 Å². The SMILES string of the molecule is C[C@@H]1C(=O)N(c2ccccc2Cl)CCN1C(=O)C1CCC1. The summed E-state index contributed by atoms with van der Waals surface area (Å²) in [6.07, 6.45) is 3.05. The second-order valence-corrected chi connectivity index (χ2v) is 6.18. The largest absolute Gasteiger partial charge is 0.329 e. The van der Waals surface area contributed by atoms with E-state index in [9.17, 15) is 9.59 Å². The average Bonchev–Trinajstić information content (AvgIpc) is 2.41. The first-order valence-corrected chi connectivity index (χ1v) is 7.84. The van der Waals surface area contributed by atoms with E-state index in [1.807, 2.05) is 25.1 Å². The number of halogens is 1. The van der Waals surface area contributed by atoms with Gasteiger partial charge in [-0.1, -0.05) is 30.2 Å². The zero-order valence-corrected chi connectivity index (χ0v) is 12.8. The molecule has 1 saturated carbocycles. The molecule has 2 aliphatic rings. The zero-order chi connectivity index (χ0) is 15.0. The molecule has 0 aromatic heterocycles. The quantitative estimate of drug-likeness (QED) is 0.843. The highest BCUT2D eigenvalue weighted by molar-refractivity contribution is 6.33. The normalized spacial score (nSPS) is 23.1. The van der Waals surface area contributed by atoms with Crippen LogP contribution < -0.4 is 4.90 Å². The van der Waals surface area contributed by atoms with Crippen molar-refractivity contribution in [3.05, 3.63) is 29.3 Å². The van der Waals surface area contributed by atoms with Crippen molar-refractivity contribution in [1.82, 2.24) is 4.90 Å². The van der Waals surface area contributed by atoms with E-state index in [4.69, 9.17) is 11.6 Å². The van der Waals surface area contributed by atoms with Crippen molar-refractivity contribution >= 4 is 29.1 Å². The summed E-state index contributed by atoms with van der Waals surface area (Å²) in [5.41, 5.74) is 0.728.